The van der Waals surface area contributed by atoms with Gasteiger partial charge in [-0.25, -0.2) is 4.98 Å². The molecule has 0 aromatic carbocycles. The maximum atomic E-state index is 10.0. The van der Waals surface area contributed by atoms with E-state index in [-0.39, 0.29) is 0 Å². The first-order valence-corrected chi connectivity index (χ1v) is 6.43. The first-order chi connectivity index (χ1) is 7.77. The molecular formula is C12H14N2OS. The number of nitrogens with one attached hydrogen (secondary N) is 1. The second-order valence-corrected chi connectivity index (χ2v) is 5.37. The molecule has 2 aromatic rings. The summed E-state index contributed by atoms with van der Waals surface area (Å²) in [6, 6.07) is 4.09. The molecule has 1 saturated carbocycles. The molecular weight excluding hydrogens is 220 g/mol. The van der Waals surface area contributed by atoms with Gasteiger partial charge >= 0.3 is 0 Å². The molecule has 0 saturated heterocycles. The van der Waals surface area contributed by atoms with Gasteiger partial charge in [-0.05, 0) is 36.8 Å². The van der Waals surface area contributed by atoms with Crippen molar-refractivity contribution in [3.63, 3.8) is 0 Å². The molecule has 2 N–H and O–H groups in total. The van der Waals surface area contributed by atoms with E-state index in [2.05, 4.69) is 21.7 Å². The average Bonchev–Trinajstić information content (AvgIpc) is 2.72. The van der Waals surface area contributed by atoms with Gasteiger partial charge in [-0.15, -0.1) is 11.3 Å². The lowest BCUT2D eigenvalue weighted by Gasteiger charge is -2.36. The second kappa shape index (κ2) is 3.71. The molecule has 3 rings (SSSR count). The SMILES string of the molecule is OC1(CNc2nccc3sccc23)CCC1. The van der Waals surface area contributed by atoms with Crippen molar-refractivity contribution in [2.75, 3.05) is 11.9 Å². The molecule has 1 aliphatic carbocycles. The van der Waals surface area contributed by atoms with Gasteiger partial charge in [0.1, 0.15) is 5.82 Å². The van der Waals surface area contributed by atoms with Crippen LogP contribution in [0.3, 0.4) is 0 Å². The molecule has 0 atom stereocenters. The van der Waals surface area contributed by atoms with Crippen molar-refractivity contribution in [1.82, 2.24) is 4.98 Å². The Hall–Kier alpha value is -1.13. The van der Waals surface area contributed by atoms with Crippen LogP contribution in [0.1, 0.15) is 19.3 Å². The first-order valence-electron chi connectivity index (χ1n) is 5.55. The normalized spacial score (nSPS) is 18.3. The van der Waals surface area contributed by atoms with Gasteiger partial charge in [-0.3, -0.25) is 0 Å². The molecule has 2 aromatic heterocycles. The molecule has 0 aliphatic heterocycles. The molecule has 3 nitrogen and oxygen atoms in total. The number of nitrogens with zero attached hydrogens (tertiary/aromatic N) is 1. The van der Waals surface area contributed by atoms with Gasteiger partial charge < -0.3 is 10.4 Å². The lowest BCUT2D eigenvalue weighted by atomic mass is 9.80. The largest absolute Gasteiger partial charge is 0.388 e. The fourth-order valence-electron chi connectivity index (χ4n) is 2.05. The Morgan fingerprint density at radius 3 is 3.06 bits per heavy atom. The number of fused-ring (bicyclic) bond motifs is 1. The zero-order chi connectivity index (χ0) is 11.0. The number of rotatable bonds is 3. The lowest BCUT2D eigenvalue weighted by molar-refractivity contribution is -0.0202. The quantitative estimate of drug-likeness (QED) is 0.858. The van der Waals surface area contributed by atoms with E-state index in [1.165, 1.54) is 4.70 Å². The van der Waals surface area contributed by atoms with Crippen LogP contribution in [0.15, 0.2) is 23.7 Å². The Bertz CT molecular complexity index is 504. The van der Waals surface area contributed by atoms with Gasteiger partial charge in [0.25, 0.3) is 0 Å². The van der Waals surface area contributed by atoms with E-state index in [0.717, 1.165) is 30.5 Å². The lowest BCUT2D eigenvalue weighted by Crippen LogP contribution is -2.43. The van der Waals surface area contributed by atoms with Crippen molar-refractivity contribution in [3.05, 3.63) is 23.7 Å². The Balaban J connectivity index is 1.81. The predicted octanol–water partition coefficient (Wildman–Crippen LogP) is 2.62. The maximum absolute atomic E-state index is 10.0. The van der Waals surface area contributed by atoms with Crippen molar-refractivity contribution in [3.8, 4) is 0 Å². The van der Waals surface area contributed by atoms with Crippen molar-refractivity contribution in [1.29, 1.82) is 0 Å². The molecule has 2 heterocycles. The third kappa shape index (κ3) is 1.68. The van der Waals surface area contributed by atoms with E-state index in [0.29, 0.717) is 6.54 Å². The highest BCUT2D eigenvalue weighted by molar-refractivity contribution is 7.17. The third-order valence-corrected chi connectivity index (χ3v) is 4.13. The van der Waals surface area contributed by atoms with Crippen LogP contribution in [0.25, 0.3) is 10.1 Å². The highest BCUT2D eigenvalue weighted by Gasteiger charge is 2.34. The molecule has 16 heavy (non-hydrogen) atoms. The summed E-state index contributed by atoms with van der Waals surface area (Å²) >= 11 is 1.71. The summed E-state index contributed by atoms with van der Waals surface area (Å²) in [5, 5.41) is 16.5. The van der Waals surface area contributed by atoms with E-state index >= 15 is 0 Å². The highest BCUT2D eigenvalue weighted by Crippen LogP contribution is 2.32. The molecule has 0 bridgehead atoms. The molecule has 0 amide bonds. The van der Waals surface area contributed by atoms with E-state index < -0.39 is 5.60 Å². The molecule has 0 radical (unpaired) electrons. The molecule has 1 fully saturated rings. The maximum Gasteiger partial charge on any atom is 0.134 e. The summed E-state index contributed by atoms with van der Waals surface area (Å²) in [5.41, 5.74) is -0.500. The average molecular weight is 234 g/mol. The monoisotopic (exact) mass is 234 g/mol. The summed E-state index contributed by atoms with van der Waals surface area (Å²) in [5.74, 6) is 0.888. The van der Waals surface area contributed by atoms with E-state index in [1.54, 1.807) is 11.3 Å². The smallest absolute Gasteiger partial charge is 0.134 e. The summed E-state index contributed by atoms with van der Waals surface area (Å²) in [6.07, 6.45) is 4.75. The van der Waals surface area contributed by atoms with Crippen LogP contribution in [0.4, 0.5) is 5.82 Å². The van der Waals surface area contributed by atoms with Gasteiger partial charge in [0.05, 0.1) is 5.60 Å². The summed E-state index contributed by atoms with van der Waals surface area (Å²) in [7, 11) is 0. The fourth-order valence-corrected chi connectivity index (χ4v) is 2.83. The third-order valence-electron chi connectivity index (χ3n) is 3.25. The highest BCUT2D eigenvalue weighted by atomic mass is 32.1. The topological polar surface area (TPSA) is 45.1 Å². The minimum atomic E-state index is -0.500. The van der Waals surface area contributed by atoms with E-state index in [9.17, 15) is 5.11 Å². The number of aliphatic hydroxyl groups is 1. The van der Waals surface area contributed by atoms with Crippen LogP contribution in [0.2, 0.25) is 0 Å². The van der Waals surface area contributed by atoms with Gasteiger partial charge in [0.15, 0.2) is 0 Å². The van der Waals surface area contributed by atoms with Gasteiger partial charge in [-0.2, -0.15) is 0 Å². The Morgan fingerprint density at radius 2 is 2.31 bits per heavy atom. The number of hydrogen-bond acceptors (Lipinski definition) is 4. The van der Waals surface area contributed by atoms with Crippen LogP contribution in [0, 0.1) is 0 Å². The number of anilines is 1. The Labute approximate surface area is 98.1 Å². The molecule has 1 aliphatic rings. The Kier molecular flexibility index (Phi) is 2.33. The summed E-state index contributed by atoms with van der Waals surface area (Å²) in [6.45, 7) is 0.606. The fraction of sp³-hybridized carbons (Fsp3) is 0.417. The molecule has 0 unspecified atom stereocenters. The van der Waals surface area contributed by atoms with Crippen LogP contribution < -0.4 is 5.32 Å². The van der Waals surface area contributed by atoms with Crippen molar-refractivity contribution in [2.45, 2.75) is 24.9 Å². The van der Waals surface area contributed by atoms with Gasteiger partial charge in [0, 0.05) is 22.8 Å². The van der Waals surface area contributed by atoms with Gasteiger partial charge in [-0.1, -0.05) is 0 Å². The molecule has 84 valence electrons. The Morgan fingerprint density at radius 1 is 1.44 bits per heavy atom. The minimum Gasteiger partial charge on any atom is -0.388 e. The van der Waals surface area contributed by atoms with Crippen molar-refractivity contribution in [2.24, 2.45) is 0 Å². The zero-order valence-corrected chi connectivity index (χ0v) is 9.76. The number of thiophene rings is 1. The molecule has 4 heteroatoms. The zero-order valence-electron chi connectivity index (χ0n) is 8.94. The van der Waals surface area contributed by atoms with E-state index in [4.69, 9.17) is 0 Å². The van der Waals surface area contributed by atoms with Crippen LogP contribution in [-0.4, -0.2) is 22.2 Å². The number of hydrogen-bond donors (Lipinski definition) is 2. The standard InChI is InChI=1S/C12H14N2OS/c15-12(4-1-5-12)8-14-11-9-3-7-16-10(9)2-6-13-11/h2-3,6-7,15H,1,4-5,8H2,(H,13,14). The molecule has 0 spiro atoms. The van der Waals surface area contributed by atoms with Crippen molar-refractivity contribution < 1.29 is 5.11 Å². The van der Waals surface area contributed by atoms with Crippen LogP contribution in [0.5, 0.6) is 0 Å². The second-order valence-electron chi connectivity index (χ2n) is 4.42. The number of aromatic nitrogens is 1. The summed E-state index contributed by atoms with van der Waals surface area (Å²) < 4.78 is 1.23. The van der Waals surface area contributed by atoms with Crippen LogP contribution >= 0.6 is 11.3 Å². The first kappa shape index (κ1) is 10.1. The van der Waals surface area contributed by atoms with Gasteiger partial charge in [0.2, 0.25) is 0 Å². The predicted molar refractivity (Wildman–Crippen MR) is 66.9 cm³/mol. The minimum absolute atomic E-state index is 0.500. The summed E-state index contributed by atoms with van der Waals surface area (Å²) in [4.78, 5) is 4.33. The van der Waals surface area contributed by atoms with E-state index in [1.807, 2.05) is 12.3 Å². The van der Waals surface area contributed by atoms with Crippen LogP contribution in [-0.2, 0) is 0 Å². The number of pyridine rings is 1. The van der Waals surface area contributed by atoms with Crippen molar-refractivity contribution >= 4 is 27.2 Å².